The maximum Gasteiger partial charge on any atom is 0.472 e. The third-order valence-electron chi connectivity index (χ3n) is 17.9. The minimum Gasteiger partial charge on any atom is -0.462 e. The van der Waals surface area contributed by atoms with Crippen molar-refractivity contribution >= 4 is 39.5 Å². The van der Waals surface area contributed by atoms with Crippen molar-refractivity contribution in [1.82, 2.24) is 0 Å². The number of aliphatic hydroxyl groups excluding tert-OH is 1. The van der Waals surface area contributed by atoms with Crippen LogP contribution < -0.4 is 0 Å². The predicted molar refractivity (Wildman–Crippen MR) is 386 cm³/mol. The van der Waals surface area contributed by atoms with Crippen LogP contribution in [0.15, 0.2) is 0 Å². The number of hydrogen-bond acceptors (Lipinski definition) is 15. The number of hydrogen-bond donors (Lipinski definition) is 3. The molecule has 17 nitrogen and oxygen atoms in total. The van der Waals surface area contributed by atoms with E-state index in [2.05, 4.69) is 55.4 Å². The lowest BCUT2D eigenvalue weighted by atomic mass is 9.99. The van der Waals surface area contributed by atoms with Crippen molar-refractivity contribution in [2.75, 3.05) is 39.6 Å². The summed E-state index contributed by atoms with van der Waals surface area (Å²) in [6, 6.07) is 0. The van der Waals surface area contributed by atoms with E-state index in [4.69, 9.17) is 37.0 Å². The SMILES string of the molecule is CCC(C)CCCCCCCCCCCCCCCCC(=O)OC[C@H](COP(=O)(O)OC[C@@H](O)COP(=O)(O)OC[C@@H](COC(=O)CCCCCCCCC(C)C)OC(=O)CCCCCCCCCCCCCCCC(C)C)OC(=O)CCCCCCCCCCCC(C)C. The molecule has 0 amide bonds. The Hall–Kier alpha value is -1.94. The van der Waals surface area contributed by atoms with Crippen LogP contribution in [-0.4, -0.2) is 96.7 Å². The van der Waals surface area contributed by atoms with Crippen molar-refractivity contribution in [2.24, 2.45) is 23.7 Å². The van der Waals surface area contributed by atoms with Crippen LogP contribution in [0.4, 0.5) is 0 Å². The third kappa shape index (κ3) is 69.0. The molecule has 0 radical (unpaired) electrons. The predicted octanol–water partition coefficient (Wildman–Crippen LogP) is 22.0. The zero-order valence-electron chi connectivity index (χ0n) is 62.3. The quantitative estimate of drug-likeness (QED) is 0.0222. The first-order chi connectivity index (χ1) is 45.6. The largest absolute Gasteiger partial charge is 0.472 e. The maximum absolute atomic E-state index is 13.1. The van der Waals surface area contributed by atoms with Crippen LogP contribution in [-0.2, 0) is 65.4 Å². The molecule has 564 valence electrons. The van der Waals surface area contributed by atoms with E-state index in [1.54, 1.807) is 0 Å². The molecule has 0 aromatic carbocycles. The normalized spacial score (nSPS) is 14.4. The summed E-state index contributed by atoms with van der Waals surface area (Å²) < 4.78 is 68.5. The number of aliphatic hydroxyl groups is 1. The highest BCUT2D eigenvalue weighted by Crippen LogP contribution is 2.45. The van der Waals surface area contributed by atoms with Crippen molar-refractivity contribution in [3.8, 4) is 0 Å². The van der Waals surface area contributed by atoms with E-state index >= 15 is 0 Å². The summed E-state index contributed by atoms with van der Waals surface area (Å²) >= 11 is 0. The fourth-order valence-corrected chi connectivity index (χ4v) is 13.1. The van der Waals surface area contributed by atoms with Gasteiger partial charge in [-0.3, -0.25) is 37.3 Å². The Labute approximate surface area is 581 Å². The van der Waals surface area contributed by atoms with Crippen molar-refractivity contribution in [1.29, 1.82) is 0 Å². The van der Waals surface area contributed by atoms with Gasteiger partial charge in [0, 0.05) is 25.7 Å². The van der Waals surface area contributed by atoms with Gasteiger partial charge in [0.1, 0.15) is 19.3 Å². The molecule has 0 aliphatic rings. The van der Waals surface area contributed by atoms with E-state index in [1.165, 1.54) is 180 Å². The van der Waals surface area contributed by atoms with Crippen molar-refractivity contribution < 1.29 is 80.2 Å². The monoisotopic (exact) mass is 1400 g/mol. The Morgan fingerprint density at radius 3 is 0.747 bits per heavy atom. The van der Waals surface area contributed by atoms with Gasteiger partial charge in [0.2, 0.25) is 0 Å². The van der Waals surface area contributed by atoms with Crippen LogP contribution in [0.25, 0.3) is 0 Å². The van der Waals surface area contributed by atoms with Gasteiger partial charge in [-0.15, -0.1) is 0 Å². The zero-order chi connectivity index (χ0) is 70.3. The van der Waals surface area contributed by atoms with Gasteiger partial charge in [0.15, 0.2) is 12.2 Å². The molecule has 95 heavy (non-hydrogen) atoms. The highest BCUT2D eigenvalue weighted by molar-refractivity contribution is 7.47. The average Bonchev–Trinajstić information content (AvgIpc) is 1.69. The standard InChI is InChI=1S/C76H148O17P2/c1-9-69(8)55-47-39-30-24-18-14-10-11-15-19-25-31-40-48-56-73(78)86-62-71(92-76(81)59-51-43-33-27-21-23-29-37-45-53-67(4)5)64-90-94(82,83)88-60-70(77)61-89-95(84,85)91-65-72(63-87-74(79)57-49-41-35-34-38-46-54-68(6)7)93-75(80)58-50-42-32-26-20-16-12-13-17-22-28-36-44-52-66(2)3/h66-72,77H,9-65H2,1-8H3,(H,82,83)(H,84,85)/t69?,70-,71-,72-/m1/s1. The molecule has 0 aliphatic heterocycles. The Kier molecular flexibility index (Phi) is 64.0. The molecule has 19 heteroatoms. The molecule has 0 aliphatic carbocycles. The molecule has 0 aromatic heterocycles. The number of phosphoric acid groups is 2. The highest BCUT2D eigenvalue weighted by Gasteiger charge is 2.30. The first-order valence-corrected chi connectivity index (χ1v) is 42.2. The molecule has 0 bridgehead atoms. The smallest absolute Gasteiger partial charge is 0.462 e. The highest BCUT2D eigenvalue weighted by atomic mass is 31.2. The van der Waals surface area contributed by atoms with E-state index in [0.29, 0.717) is 31.6 Å². The Bertz CT molecular complexity index is 1870. The number of esters is 4. The minimum absolute atomic E-state index is 0.105. The number of rotatable bonds is 73. The average molecular weight is 1400 g/mol. The van der Waals surface area contributed by atoms with Gasteiger partial charge in [0.25, 0.3) is 0 Å². The van der Waals surface area contributed by atoms with Crippen LogP contribution in [0, 0.1) is 23.7 Å². The Morgan fingerprint density at radius 1 is 0.295 bits per heavy atom. The van der Waals surface area contributed by atoms with E-state index in [1.807, 2.05) is 0 Å². The first-order valence-electron chi connectivity index (χ1n) is 39.2. The molecule has 0 rings (SSSR count). The summed E-state index contributed by atoms with van der Waals surface area (Å²) in [7, 11) is -9.91. The van der Waals surface area contributed by atoms with Gasteiger partial charge in [0.05, 0.1) is 26.4 Å². The van der Waals surface area contributed by atoms with Crippen LogP contribution in [0.1, 0.15) is 383 Å². The van der Waals surface area contributed by atoms with Gasteiger partial charge in [-0.2, -0.15) is 0 Å². The van der Waals surface area contributed by atoms with Crippen molar-refractivity contribution in [3.05, 3.63) is 0 Å². The van der Waals surface area contributed by atoms with Crippen LogP contribution in [0.2, 0.25) is 0 Å². The molecule has 0 aromatic rings. The lowest BCUT2D eigenvalue weighted by Crippen LogP contribution is -2.30. The van der Waals surface area contributed by atoms with Gasteiger partial charge in [-0.05, 0) is 49.4 Å². The molecule has 0 saturated carbocycles. The van der Waals surface area contributed by atoms with Gasteiger partial charge in [-0.25, -0.2) is 9.13 Å². The molecule has 6 atom stereocenters. The summed E-state index contributed by atoms with van der Waals surface area (Å²) in [6.45, 7) is 14.2. The lowest BCUT2D eigenvalue weighted by molar-refractivity contribution is -0.161. The summed E-state index contributed by atoms with van der Waals surface area (Å²) in [5.74, 6) is 0.929. The fourth-order valence-electron chi connectivity index (χ4n) is 11.5. The van der Waals surface area contributed by atoms with Crippen LogP contribution >= 0.6 is 15.6 Å². The summed E-state index contributed by atoms with van der Waals surface area (Å²) in [5, 5.41) is 10.6. The van der Waals surface area contributed by atoms with Gasteiger partial charge >= 0.3 is 39.5 Å². The molecule has 3 unspecified atom stereocenters. The zero-order valence-corrected chi connectivity index (χ0v) is 64.1. The van der Waals surface area contributed by atoms with Gasteiger partial charge < -0.3 is 33.8 Å². The van der Waals surface area contributed by atoms with E-state index in [0.717, 1.165) is 114 Å². The van der Waals surface area contributed by atoms with Crippen LogP contribution in [0.5, 0.6) is 0 Å². The van der Waals surface area contributed by atoms with Crippen molar-refractivity contribution in [3.63, 3.8) is 0 Å². The summed E-state index contributed by atoms with van der Waals surface area (Å²) in [5.41, 5.74) is 0. The van der Waals surface area contributed by atoms with E-state index in [9.17, 15) is 43.2 Å². The second kappa shape index (κ2) is 65.4. The fraction of sp³-hybridized carbons (Fsp3) is 0.947. The molecule has 0 fully saturated rings. The Balaban J connectivity index is 5.21. The molecule has 0 heterocycles. The second-order valence-electron chi connectivity index (χ2n) is 29.1. The maximum atomic E-state index is 13.1. The number of carbonyl (C=O) groups is 4. The molecule has 0 spiro atoms. The molecular weight excluding hydrogens is 1250 g/mol. The van der Waals surface area contributed by atoms with Crippen LogP contribution in [0.3, 0.4) is 0 Å². The molecular formula is C76H148O17P2. The minimum atomic E-state index is -4.96. The lowest BCUT2D eigenvalue weighted by Gasteiger charge is -2.21. The summed E-state index contributed by atoms with van der Waals surface area (Å²) in [6.07, 6.45) is 50.1. The third-order valence-corrected chi connectivity index (χ3v) is 19.8. The summed E-state index contributed by atoms with van der Waals surface area (Å²) in [4.78, 5) is 72.8. The second-order valence-corrected chi connectivity index (χ2v) is 32.0. The number of phosphoric ester groups is 2. The molecule has 3 N–H and O–H groups in total. The number of carbonyl (C=O) groups excluding carboxylic acids is 4. The van der Waals surface area contributed by atoms with Crippen molar-refractivity contribution in [2.45, 2.75) is 401 Å². The Morgan fingerprint density at radius 2 is 0.505 bits per heavy atom. The van der Waals surface area contributed by atoms with E-state index < -0.39 is 97.5 Å². The van der Waals surface area contributed by atoms with Gasteiger partial charge in [-0.1, -0.05) is 331 Å². The number of unbranched alkanes of at least 4 members (excludes halogenated alkanes) is 38. The number of ether oxygens (including phenoxy) is 4. The molecule has 0 saturated heterocycles. The first kappa shape index (κ1) is 93.1. The van der Waals surface area contributed by atoms with E-state index in [-0.39, 0.29) is 25.7 Å². The topological polar surface area (TPSA) is 237 Å².